The van der Waals surface area contributed by atoms with Crippen molar-refractivity contribution < 1.29 is 19.0 Å². The number of hydrogen-bond donors (Lipinski definition) is 3. The number of allylic oxidation sites excluding steroid dienone is 2. The van der Waals surface area contributed by atoms with Gasteiger partial charge in [-0.05, 0) is 31.4 Å². The number of hydrogen-bond acceptors (Lipinski definition) is 8. The van der Waals surface area contributed by atoms with E-state index in [1.54, 1.807) is 0 Å². The smallest absolute Gasteiger partial charge is 0.240 e. The fourth-order valence-corrected chi connectivity index (χ4v) is 2.25. The Morgan fingerprint density at radius 2 is 2.00 bits per heavy atom. The van der Waals surface area contributed by atoms with Gasteiger partial charge in [-0.2, -0.15) is 0 Å². The van der Waals surface area contributed by atoms with Gasteiger partial charge in [0.25, 0.3) is 0 Å². The van der Waals surface area contributed by atoms with Crippen molar-refractivity contribution in [3.05, 3.63) is 34.4 Å². The Morgan fingerprint density at radius 1 is 1.31 bits per heavy atom. The summed E-state index contributed by atoms with van der Waals surface area (Å²) in [6, 6.07) is 0. The van der Waals surface area contributed by atoms with Crippen molar-refractivity contribution in [1.29, 1.82) is 0 Å². The molecule has 1 aliphatic carbocycles. The Bertz CT molecular complexity index is 707. The van der Waals surface area contributed by atoms with Gasteiger partial charge in [-0.15, -0.1) is 0 Å². The Hall–Kier alpha value is -2.23. The quantitative estimate of drug-likeness (QED) is 0.297. The van der Waals surface area contributed by atoms with Crippen molar-refractivity contribution in [2.45, 2.75) is 32.3 Å². The van der Waals surface area contributed by atoms with E-state index in [-0.39, 0.29) is 34.5 Å². The predicted molar refractivity (Wildman–Crippen MR) is 112 cm³/mol. The van der Waals surface area contributed by atoms with E-state index >= 15 is 0 Å². The van der Waals surface area contributed by atoms with Crippen LogP contribution in [0.15, 0.2) is 29.3 Å². The molecule has 1 amide bonds. The highest BCUT2D eigenvalue weighted by Crippen LogP contribution is 2.29. The largest absolute Gasteiger partial charge is 0.480 e. The van der Waals surface area contributed by atoms with Crippen molar-refractivity contribution in [3.8, 4) is 11.8 Å². The van der Waals surface area contributed by atoms with Crippen LogP contribution in [0.3, 0.4) is 0 Å². The second-order valence-corrected chi connectivity index (χ2v) is 6.80. The molecule has 1 saturated carbocycles. The van der Waals surface area contributed by atoms with E-state index in [1.807, 2.05) is 0 Å². The summed E-state index contributed by atoms with van der Waals surface area (Å²) in [6.45, 7) is 2.90. The molecule has 2 rings (SSSR count). The zero-order valence-electron chi connectivity index (χ0n) is 16.5. The third-order valence-corrected chi connectivity index (χ3v) is 4.08. The lowest BCUT2D eigenvalue weighted by molar-refractivity contribution is -0.119. The van der Waals surface area contributed by atoms with E-state index in [0.29, 0.717) is 25.0 Å². The Labute approximate surface area is 180 Å². The minimum absolute atomic E-state index is 0.0159. The lowest BCUT2D eigenvalue weighted by Crippen LogP contribution is -2.29. The predicted octanol–water partition coefficient (Wildman–Crippen LogP) is 2.09. The van der Waals surface area contributed by atoms with Gasteiger partial charge in [0.05, 0.1) is 25.0 Å². The van der Waals surface area contributed by atoms with Crippen LogP contribution in [-0.2, 0) is 9.53 Å². The lowest BCUT2D eigenvalue weighted by atomic mass is 9.96. The molecule has 1 fully saturated rings. The molecule has 29 heavy (non-hydrogen) atoms. The standard InChI is InChI=1S/C10H12Cl2N4O2.C8H15NO2/c1-17-9-8(12)10(16-5-15-9)18-4-6(13)2-3-7(11)14;1-7(10)9-5-6-11-8-3-2-4-8/h2-3,5H,4,13-14H2,1H3;8H,2-6H2,1H3,(H,9,10)/b6-2-,7-3-;. The number of methoxy groups -OCH3 is 1. The molecule has 0 aromatic carbocycles. The van der Waals surface area contributed by atoms with Crippen LogP contribution in [0.1, 0.15) is 26.2 Å². The monoisotopic (exact) mass is 447 g/mol. The van der Waals surface area contributed by atoms with Gasteiger partial charge in [0.1, 0.15) is 12.9 Å². The molecule has 1 aromatic heterocycles. The van der Waals surface area contributed by atoms with Crippen molar-refractivity contribution in [3.63, 3.8) is 0 Å². The molecule has 0 spiro atoms. The number of nitrogens with two attached hydrogens (primary N) is 2. The molecular formula is C18H27Cl2N5O4. The van der Waals surface area contributed by atoms with Crippen molar-refractivity contribution >= 4 is 29.1 Å². The summed E-state index contributed by atoms with van der Waals surface area (Å²) in [5.41, 5.74) is 11.3. The maximum Gasteiger partial charge on any atom is 0.240 e. The third-order valence-electron chi connectivity index (χ3n) is 3.63. The van der Waals surface area contributed by atoms with Crippen molar-refractivity contribution in [2.24, 2.45) is 11.5 Å². The second-order valence-electron chi connectivity index (χ2n) is 5.99. The molecule has 0 atom stereocenters. The first-order valence-electron chi connectivity index (χ1n) is 8.94. The zero-order chi connectivity index (χ0) is 21.6. The molecule has 0 aliphatic heterocycles. The molecule has 9 nitrogen and oxygen atoms in total. The fourth-order valence-electron chi connectivity index (χ4n) is 1.96. The van der Waals surface area contributed by atoms with E-state index in [0.717, 1.165) is 0 Å². The molecule has 1 aromatic rings. The summed E-state index contributed by atoms with van der Waals surface area (Å²) < 4.78 is 15.6. The van der Waals surface area contributed by atoms with Gasteiger partial charge in [-0.1, -0.05) is 23.2 Å². The molecule has 0 unspecified atom stereocenters. The topological polar surface area (TPSA) is 135 Å². The lowest BCUT2D eigenvalue weighted by Gasteiger charge is -2.25. The van der Waals surface area contributed by atoms with E-state index < -0.39 is 0 Å². The van der Waals surface area contributed by atoms with Gasteiger partial charge in [-0.25, -0.2) is 9.97 Å². The van der Waals surface area contributed by atoms with Gasteiger partial charge >= 0.3 is 0 Å². The highest BCUT2D eigenvalue weighted by molar-refractivity contribution is 6.33. The Kier molecular flexibility index (Phi) is 11.9. The van der Waals surface area contributed by atoms with Crippen LogP contribution >= 0.6 is 23.2 Å². The first-order chi connectivity index (χ1) is 13.8. The first kappa shape index (κ1) is 24.8. The SMILES string of the molecule is CC(=O)NCCOC1CCC1.COc1ncnc(OC/C(N)=C/C=C(\N)Cl)c1Cl. The zero-order valence-corrected chi connectivity index (χ0v) is 18.0. The van der Waals surface area contributed by atoms with Crippen LogP contribution in [0.2, 0.25) is 5.02 Å². The highest BCUT2D eigenvalue weighted by atomic mass is 35.5. The number of ether oxygens (including phenoxy) is 3. The second kappa shape index (κ2) is 13.9. The number of carbonyl (C=O) groups is 1. The maximum atomic E-state index is 10.4. The number of amides is 1. The maximum absolute atomic E-state index is 10.4. The number of carbonyl (C=O) groups excluding carboxylic acids is 1. The molecule has 0 bridgehead atoms. The van der Waals surface area contributed by atoms with Crippen molar-refractivity contribution in [2.75, 3.05) is 26.9 Å². The highest BCUT2D eigenvalue weighted by Gasteiger charge is 2.17. The number of aromatic nitrogens is 2. The van der Waals surface area contributed by atoms with Crippen molar-refractivity contribution in [1.82, 2.24) is 15.3 Å². The van der Waals surface area contributed by atoms with Gasteiger partial charge in [0.15, 0.2) is 5.02 Å². The number of rotatable bonds is 9. The Balaban J connectivity index is 0.000000326. The average molecular weight is 448 g/mol. The summed E-state index contributed by atoms with van der Waals surface area (Å²) in [6.07, 6.45) is 8.40. The fraction of sp³-hybridized carbons (Fsp3) is 0.500. The molecule has 162 valence electrons. The molecule has 1 heterocycles. The number of nitrogens with zero attached hydrogens (tertiary/aromatic N) is 2. The van der Waals surface area contributed by atoms with Gasteiger partial charge in [0, 0.05) is 19.2 Å². The molecule has 0 radical (unpaired) electrons. The summed E-state index contributed by atoms with van der Waals surface area (Å²) in [7, 11) is 1.44. The summed E-state index contributed by atoms with van der Waals surface area (Å²) in [4.78, 5) is 18.1. The first-order valence-corrected chi connectivity index (χ1v) is 9.69. The number of halogens is 2. The molecular weight excluding hydrogens is 421 g/mol. The van der Waals surface area contributed by atoms with Crippen LogP contribution < -0.4 is 26.3 Å². The van der Waals surface area contributed by atoms with Gasteiger partial charge in [-0.3, -0.25) is 4.79 Å². The molecule has 1 aliphatic rings. The van der Waals surface area contributed by atoms with Crippen LogP contribution in [0.25, 0.3) is 0 Å². The van der Waals surface area contributed by atoms with Crippen LogP contribution in [0.5, 0.6) is 11.8 Å². The van der Waals surface area contributed by atoms with Crippen LogP contribution in [0, 0.1) is 0 Å². The van der Waals surface area contributed by atoms with E-state index in [9.17, 15) is 4.79 Å². The van der Waals surface area contributed by atoms with E-state index in [2.05, 4.69) is 15.3 Å². The minimum Gasteiger partial charge on any atom is -0.480 e. The van der Waals surface area contributed by atoms with Gasteiger partial charge < -0.3 is 31.0 Å². The van der Waals surface area contributed by atoms with E-state index in [1.165, 1.54) is 51.8 Å². The number of nitrogens with one attached hydrogen (secondary N) is 1. The van der Waals surface area contributed by atoms with Gasteiger partial charge in [0.2, 0.25) is 17.7 Å². The normalized spacial score (nSPS) is 14.3. The molecule has 0 saturated heterocycles. The van der Waals surface area contributed by atoms with Crippen LogP contribution in [0.4, 0.5) is 0 Å². The third kappa shape index (κ3) is 10.8. The average Bonchev–Trinajstić information content (AvgIpc) is 2.64. The summed E-state index contributed by atoms with van der Waals surface area (Å²) >= 11 is 11.4. The summed E-state index contributed by atoms with van der Waals surface area (Å²) in [5, 5.41) is 2.99. The van der Waals surface area contributed by atoms with E-state index in [4.69, 9.17) is 48.9 Å². The summed E-state index contributed by atoms with van der Waals surface area (Å²) in [5.74, 6) is 0.430. The minimum atomic E-state index is 0.0159. The molecule has 11 heteroatoms. The molecule has 5 N–H and O–H groups in total. The Morgan fingerprint density at radius 3 is 2.55 bits per heavy atom. The van der Waals surface area contributed by atoms with Crippen LogP contribution in [-0.4, -0.2) is 48.8 Å².